The van der Waals surface area contributed by atoms with Gasteiger partial charge >= 0.3 is 0 Å². The first-order valence-electron chi connectivity index (χ1n) is 6.27. The van der Waals surface area contributed by atoms with Crippen LogP contribution in [0.4, 0.5) is 4.39 Å². The Kier molecular flexibility index (Phi) is 3.78. The van der Waals surface area contributed by atoms with Crippen LogP contribution in [0, 0.1) is 19.7 Å². The number of benzene rings is 1. The molecule has 0 aromatic heterocycles. The minimum absolute atomic E-state index is 0.0619. The molecule has 0 heterocycles. The van der Waals surface area contributed by atoms with Gasteiger partial charge in [0.15, 0.2) is 0 Å². The third-order valence-electron chi connectivity index (χ3n) is 3.25. The molecular weight excluding hydrogens is 265 g/mol. The van der Waals surface area contributed by atoms with E-state index in [1.54, 1.807) is 19.9 Å². The predicted octanol–water partition coefficient (Wildman–Crippen LogP) is 2.78. The van der Waals surface area contributed by atoms with Gasteiger partial charge in [-0.2, -0.15) is 4.31 Å². The van der Waals surface area contributed by atoms with Gasteiger partial charge in [0, 0.05) is 12.6 Å². The molecule has 1 aliphatic carbocycles. The maximum Gasteiger partial charge on any atom is 0.244 e. The van der Waals surface area contributed by atoms with Crippen molar-refractivity contribution in [1.82, 2.24) is 4.31 Å². The van der Waals surface area contributed by atoms with E-state index in [9.17, 15) is 12.8 Å². The van der Waals surface area contributed by atoms with Gasteiger partial charge in [-0.25, -0.2) is 12.8 Å². The van der Waals surface area contributed by atoms with E-state index in [0.29, 0.717) is 17.7 Å². The number of aryl methyl sites for hydroxylation is 2. The van der Waals surface area contributed by atoms with E-state index in [-0.39, 0.29) is 10.9 Å². The molecule has 0 bridgehead atoms. The summed E-state index contributed by atoms with van der Waals surface area (Å²) in [6, 6.07) is 2.59. The van der Waals surface area contributed by atoms with Crippen molar-refractivity contribution in [1.29, 1.82) is 0 Å². The molecule has 2 rings (SSSR count). The van der Waals surface area contributed by atoms with Crippen LogP contribution in [-0.2, 0) is 10.0 Å². The van der Waals surface area contributed by atoms with Crippen LogP contribution in [0.15, 0.2) is 29.7 Å². The minimum atomic E-state index is -3.58. The van der Waals surface area contributed by atoms with E-state index >= 15 is 0 Å². The average Bonchev–Trinajstić information content (AvgIpc) is 3.07. The topological polar surface area (TPSA) is 37.4 Å². The van der Waals surface area contributed by atoms with Crippen LogP contribution in [0.2, 0.25) is 0 Å². The molecule has 0 saturated heterocycles. The van der Waals surface area contributed by atoms with Crippen LogP contribution in [0.25, 0.3) is 0 Å². The molecule has 0 aliphatic heterocycles. The summed E-state index contributed by atoms with van der Waals surface area (Å²) in [5, 5.41) is 0. The molecule has 104 valence electrons. The molecule has 1 aromatic carbocycles. The summed E-state index contributed by atoms with van der Waals surface area (Å²) in [5.41, 5.74) is 0.902. The molecule has 1 aliphatic rings. The number of rotatable bonds is 5. The highest BCUT2D eigenvalue weighted by atomic mass is 32.2. The predicted molar refractivity (Wildman–Crippen MR) is 73.0 cm³/mol. The molecule has 0 spiro atoms. The largest absolute Gasteiger partial charge is 0.244 e. The van der Waals surface area contributed by atoms with E-state index in [4.69, 9.17) is 0 Å². The first-order valence-corrected chi connectivity index (χ1v) is 7.71. The standard InChI is InChI=1S/C14H18FNO2S/c1-4-7-16(13-5-6-13)19(17,18)14-10(2)8-12(15)9-11(14)3/h4,8-9,13H,1,5-7H2,2-3H3. The number of nitrogens with zero attached hydrogens (tertiary/aromatic N) is 1. The monoisotopic (exact) mass is 283 g/mol. The first-order chi connectivity index (χ1) is 8.87. The van der Waals surface area contributed by atoms with Gasteiger partial charge in [-0.05, 0) is 49.9 Å². The van der Waals surface area contributed by atoms with Crippen molar-refractivity contribution in [3.05, 3.63) is 41.7 Å². The number of halogens is 1. The highest BCUT2D eigenvalue weighted by molar-refractivity contribution is 7.89. The zero-order chi connectivity index (χ0) is 14.2. The van der Waals surface area contributed by atoms with Crippen molar-refractivity contribution in [3.8, 4) is 0 Å². The Morgan fingerprint density at radius 2 is 1.89 bits per heavy atom. The lowest BCUT2D eigenvalue weighted by Crippen LogP contribution is -2.34. The summed E-state index contributed by atoms with van der Waals surface area (Å²) in [5.74, 6) is -0.407. The van der Waals surface area contributed by atoms with Gasteiger partial charge in [0.2, 0.25) is 10.0 Å². The van der Waals surface area contributed by atoms with Crippen molar-refractivity contribution in [3.63, 3.8) is 0 Å². The summed E-state index contributed by atoms with van der Waals surface area (Å²) < 4.78 is 40.2. The second-order valence-electron chi connectivity index (χ2n) is 4.96. The second-order valence-corrected chi connectivity index (χ2v) is 6.79. The van der Waals surface area contributed by atoms with Crippen molar-refractivity contribution in [2.45, 2.75) is 37.6 Å². The van der Waals surface area contributed by atoms with Crippen molar-refractivity contribution in [2.24, 2.45) is 0 Å². The Hall–Kier alpha value is -1.20. The molecule has 0 atom stereocenters. The van der Waals surface area contributed by atoms with Gasteiger partial charge in [-0.15, -0.1) is 6.58 Å². The van der Waals surface area contributed by atoms with Gasteiger partial charge in [0.1, 0.15) is 5.82 Å². The van der Waals surface area contributed by atoms with Crippen molar-refractivity contribution < 1.29 is 12.8 Å². The summed E-state index contributed by atoms with van der Waals surface area (Å²) in [6.45, 7) is 7.16. The lowest BCUT2D eigenvalue weighted by molar-refractivity contribution is 0.435. The first kappa shape index (κ1) is 14.2. The average molecular weight is 283 g/mol. The van der Waals surface area contributed by atoms with Gasteiger partial charge in [-0.3, -0.25) is 0 Å². The number of sulfonamides is 1. The van der Waals surface area contributed by atoms with E-state index < -0.39 is 15.8 Å². The van der Waals surface area contributed by atoms with Crippen LogP contribution in [0.1, 0.15) is 24.0 Å². The Balaban J connectivity index is 2.52. The molecule has 0 radical (unpaired) electrons. The summed E-state index contributed by atoms with van der Waals surface area (Å²) >= 11 is 0. The molecule has 0 unspecified atom stereocenters. The lowest BCUT2D eigenvalue weighted by Gasteiger charge is -2.22. The summed E-state index contributed by atoms with van der Waals surface area (Å²) in [6.07, 6.45) is 3.35. The molecule has 0 N–H and O–H groups in total. The van der Waals surface area contributed by atoms with E-state index in [0.717, 1.165) is 12.8 Å². The Morgan fingerprint density at radius 1 is 1.37 bits per heavy atom. The van der Waals surface area contributed by atoms with Crippen LogP contribution in [0.5, 0.6) is 0 Å². The molecule has 1 aromatic rings. The molecule has 19 heavy (non-hydrogen) atoms. The quantitative estimate of drug-likeness (QED) is 0.779. The highest BCUT2D eigenvalue weighted by Gasteiger charge is 2.38. The van der Waals surface area contributed by atoms with Crippen molar-refractivity contribution >= 4 is 10.0 Å². The van der Waals surface area contributed by atoms with Crippen LogP contribution in [0.3, 0.4) is 0 Å². The normalized spacial score (nSPS) is 15.8. The van der Waals surface area contributed by atoms with Crippen LogP contribution >= 0.6 is 0 Å². The molecule has 3 nitrogen and oxygen atoms in total. The van der Waals surface area contributed by atoms with E-state index in [2.05, 4.69) is 6.58 Å². The number of hydrogen-bond donors (Lipinski definition) is 0. The molecule has 1 saturated carbocycles. The summed E-state index contributed by atoms with van der Waals surface area (Å²) in [4.78, 5) is 0.225. The number of hydrogen-bond acceptors (Lipinski definition) is 2. The lowest BCUT2D eigenvalue weighted by atomic mass is 10.1. The molecule has 5 heteroatoms. The SMILES string of the molecule is C=CCN(C1CC1)S(=O)(=O)c1c(C)cc(F)cc1C. The molecule has 1 fully saturated rings. The fourth-order valence-corrected chi connectivity index (χ4v) is 4.43. The maximum atomic E-state index is 13.3. The third kappa shape index (κ3) is 2.72. The molecular formula is C14H18FNO2S. The Bertz CT molecular complexity index is 583. The Morgan fingerprint density at radius 3 is 2.32 bits per heavy atom. The summed E-state index contributed by atoms with van der Waals surface area (Å²) in [7, 11) is -3.58. The maximum absolute atomic E-state index is 13.3. The zero-order valence-corrected chi connectivity index (χ0v) is 12.0. The fourth-order valence-electron chi connectivity index (χ4n) is 2.35. The highest BCUT2D eigenvalue weighted by Crippen LogP contribution is 2.34. The van der Waals surface area contributed by atoms with Crippen molar-refractivity contribution in [2.75, 3.05) is 6.54 Å². The second kappa shape index (κ2) is 5.06. The van der Waals surface area contributed by atoms with Gasteiger partial charge in [0.05, 0.1) is 4.90 Å². The van der Waals surface area contributed by atoms with Gasteiger partial charge < -0.3 is 0 Å². The van der Waals surface area contributed by atoms with Gasteiger partial charge in [0.25, 0.3) is 0 Å². The minimum Gasteiger partial charge on any atom is -0.207 e. The Labute approximate surface area is 113 Å². The fraction of sp³-hybridized carbons (Fsp3) is 0.429. The van der Waals surface area contributed by atoms with E-state index in [1.165, 1.54) is 16.4 Å². The van der Waals surface area contributed by atoms with Crippen LogP contribution in [-0.4, -0.2) is 25.3 Å². The van der Waals surface area contributed by atoms with Crippen LogP contribution < -0.4 is 0 Å². The smallest absolute Gasteiger partial charge is 0.207 e. The van der Waals surface area contributed by atoms with E-state index in [1.807, 2.05) is 0 Å². The zero-order valence-electron chi connectivity index (χ0n) is 11.2. The third-order valence-corrected chi connectivity index (χ3v) is 5.48. The van der Waals surface area contributed by atoms with Gasteiger partial charge in [-0.1, -0.05) is 6.08 Å². The molecule has 0 amide bonds.